The van der Waals surface area contributed by atoms with Gasteiger partial charge in [-0.25, -0.2) is 0 Å². The lowest BCUT2D eigenvalue weighted by molar-refractivity contribution is -0.393. The molecule has 15 heteroatoms. The number of anilines is 1. The van der Waals surface area contributed by atoms with Crippen LogP contribution in [-0.4, -0.2) is 78.1 Å². The summed E-state index contributed by atoms with van der Waals surface area (Å²) in [6.07, 6.45) is 3.83. The molecule has 0 aliphatic heterocycles. The van der Waals surface area contributed by atoms with Gasteiger partial charge in [-0.05, 0) is 89.1 Å². The Morgan fingerprint density at radius 1 is 0.886 bits per heavy atom. The maximum absolute atomic E-state index is 13.1. The number of hydrogen-bond donors (Lipinski definition) is 7. The van der Waals surface area contributed by atoms with E-state index < -0.39 is 39.2 Å². The minimum Gasteiger partial charge on any atom is -0.508 e. The Kier molecular flexibility index (Phi) is 16.1. The first kappa shape index (κ1) is 35.9. The zero-order valence-corrected chi connectivity index (χ0v) is 25.0. The van der Waals surface area contributed by atoms with E-state index in [1.807, 2.05) is 0 Å². The molecule has 2 unspecified atom stereocenters. The lowest BCUT2D eigenvalue weighted by atomic mass is 10.0. The van der Waals surface area contributed by atoms with Gasteiger partial charge in [0.2, 0.25) is 11.8 Å². The van der Waals surface area contributed by atoms with Crippen molar-refractivity contribution in [3.8, 4) is 5.75 Å². The highest BCUT2D eigenvalue weighted by Crippen LogP contribution is 2.29. The number of rotatable bonds is 22. The summed E-state index contributed by atoms with van der Waals surface area (Å²) in [5, 5.41) is 47.2. The van der Waals surface area contributed by atoms with Crippen molar-refractivity contribution in [2.45, 2.75) is 57.5 Å². The van der Waals surface area contributed by atoms with E-state index in [0.29, 0.717) is 19.5 Å². The van der Waals surface area contributed by atoms with Gasteiger partial charge in [0.15, 0.2) is 0 Å². The summed E-state index contributed by atoms with van der Waals surface area (Å²) >= 11 is 0. The summed E-state index contributed by atoms with van der Waals surface area (Å²) in [4.78, 5) is 47.0. The Labute approximate surface area is 256 Å². The maximum Gasteiger partial charge on any atom is 0.299 e. The molecule has 0 spiro atoms. The third kappa shape index (κ3) is 13.8. The molecule has 2 rings (SSSR count). The van der Waals surface area contributed by atoms with E-state index in [2.05, 4.69) is 26.6 Å². The topological polar surface area (TPSA) is 227 Å². The van der Waals surface area contributed by atoms with Crippen LogP contribution in [0.5, 0.6) is 5.75 Å². The molecule has 2 aromatic rings. The number of carbonyl (C=O) groups is 2. The van der Waals surface area contributed by atoms with Crippen molar-refractivity contribution >= 4 is 28.9 Å². The highest BCUT2D eigenvalue weighted by atomic mass is 16.6. The Balaban J connectivity index is 1.87. The van der Waals surface area contributed by atoms with E-state index in [-0.39, 0.29) is 30.2 Å². The summed E-state index contributed by atoms with van der Waals surface area (Å²) in [6, 6.07) is 8.05. The number of phenolic OH excluding ortho intramolecular Hbond substituents is 1. The van der Waals surface area contributed by atoms with E-state index in [0.717, 1.165) is 63.1 Å². The van der Waals surface area contributed by atoms with Crippen LogP contribution < -0.4 is 32.3 Å². The number of nitro groups is 2. The summed E-state index contributed by atoms with van der Waals surface area (Å²) in [7, 11) is 0. The highest BCUT2D eigenvalue weighted by Gasteiger charge is 2.24. The number of amides is 2. The van der Waals surface area contributed by atoms with Crippen molar-refractivity contribution in [2.24, 2.45) is 5.73 Å². The largest absolute Gasteiger partial charge is 0.508 e. The smallest absolute Gasteiger partial charge is 0.299 e. The predicted molar refractivity (Wildman–Crippen MR) is 167 cm³/mol. The lowest BCUT2D eigenvalue weighted by Gasteiger charge is -2.21. The van der Waals surface area contributed by atoms with Crippen LogP contribution in [0.25, 0.3) is 0 Å². The molecule has 0 saturated heterocycles. The minimum absolute atomic E-state index is 0.0343. The molecule has 2 amide bonds. The van der Waals surface area contributed by atoms with E-state index >= 15 is 0 Å². The molecule has 0 aliphatic rings. The SMILES string of the molecule is CC(CC(=O)NC(Cc1ccc(O)cc1)C(=O)NCCCNCCCCNCCCN)Nc1ccc([N+](=O)[O-])cc1[N+](=O)[O-]. The van der Waals surface area contributed by atoms with Crippen molar-refractivity contribution in [3.63, 3.8) is 0 Å². The number of hydrogen-bond acceptors (Lipinski definition) is 11. The summed E-state index contributed by atoms with van der Waals surface area (Å²) in [5.41, 5.74) is 5.33. The van der Waals surface area contributed by atoms with Crippen molar-refractivity contribution in [2.75, 3.05) is 44.6 Å². The third-order valence-corrected chi connectivity index (χ3v) is 6.65. The van der Waals surface area contributed by atoms with E-state index in [4.69, 9.17) is 5.73 Å². The molecular weight excluding hydrogens is 572 g/mol. The number of aromatic hydroxyl groups is 1. The zero-order chi connectivity index (χ0) is 32.3. The molecule has 242 valence electrons. The van der Waals surface area contributed by atoms with Gasteiger partial charge in [0.05, 0.1) is 15.9 Å². The number of unbranched alkanes of at least 4 members (excludes halogenated alkanes) is 1. The van der Waals surface area contributed by atoms with Crippen LogP contribution in [0.2, 0.25) is 0 Å². The van der Waals surface area contributed by atoms with Crippen molar-refractivity contribution < 1.29 is 24.5 Å². The summed E-state index contributed by atoms with van der Waals surface area (Å²) in [6.45, 7) is 6.22. The van der Waals surface area contributed by atoms with Crippen molar-refractivity contribution in [1.82, 2.24) is 21.3 Å². The van der Waals surface area contributed by atoms with Gasteiger partial charge >= 0.3 is 0 Å². The second-order valence-corrected chi connectivity index (χ2v) is 10.4. The highest BCUT2D eigenvalue weighted by molar-refractivity contribution is 5.88. The number of phenols is 1. The molecule has 15 nitrogen and oxygen atoms in total. The van der Waals surface area contributed by atoms with Crippen molar-refractivity contribution in [1.29, 1.82) is 0 Å². The van der Waals surface area contributed by atoms with Gasteiger partial charge in [0.25, 0.3) is 11.4 Å². The molecule has 0 aliphatic carbocycles. The Hall–Kier alpha value is -4.34. The molecule has 44 heavy (non-hydrogen) atoms. The van der Waals surface area contributed by atoms with Crippen LogP contribution in [0, 0.1) is 20.2 Å². The molecule has 0 fully saturated rings. The normalized spacial score (nSPS) is 12.2. The van der Waals surface area contributed by atoms with E-state index in [1.54, 1.807) is 19.1 Å². The fourth-order valence-corrected chi connectivity index (χ4v) is 4.36. The number of nitrogens with zero attached hydrogens (tertiary/aromatic N) is 2. The standard InChI is InChI=1S/C29H44N8O7/c1-21(34-25-11-8-23(36(41)42)20-27(25)37(43)44)18-28(39)35-26(19-22-6-9-24(38)10-7-22)29(40)33-17-5-16-32-14-3-2-13-31-15-4-12-30/h6-11,20-21,26,31-32,34,38H,2-5,12-19,30H2,1H3,(H,33,40)(H,35,39). The Morgan fingerprint density at radius 3 is 2.14 bits per heavy atom. The first-order valence-electron chi connectivity index (χ1n) is 14.8. The molecular formula is C29H44N8O7. The predicted octanol–water partition coefficient (Wildman–Crippen LogP) is 1.94. The fourth-order valence-electron chi connectivity index (χ4n) is 4.36. The Bertz CT molecular complexity index is 1210. The monoisotopic (exact) mass is 616 g/mol. The van der Waals surface area contributed by atoms with Gasteiger partial charge < -0.3 is 37.4 Å². The molecule has 0 saturated carbocycles. The van der Waals surface area contributed by atoms with Gasteiger partial charge in [0, 0.05) is 31.5 Å². The van der Waals surface area contributed by atoms with Crippen molar-refractivity contribution in [3.05, 3.63) is 68.3 Å². The van der Waals surface area contributed by atoms with Crippen LogP contribution in [0.3, 0.4) is 0 Å². The Morgan fingerprint density at radius 2 is 1.52 bits per heavy atom. The molecule has 0 bridgehead atoms. The summed E-state index contributed by atoms with van der Waals surface area (Å²) < 4.78 is 0. The number of nitrogens with two attached hydrogens (primary N) is 1. The average molecular weight is 617 g/mol. The second kappa shape index (κ2) is 19.8. The van der Waals surface area contributed by atoms with Crippen LogP contribution in [0.4, 0.5) is 17.1 Å². The number of nitrogens with one attached hydrogen (secondary N) is 5. The van der Waals surface area contributed by atoms with Gasteiger partial charge in [0.1, 0.15) is 17.5 Å². The molecule has 0 heterocycles. The molecule has 0 aromatic heterocycles. The number of benzene rings is 2. The van der Waals surface area contributed by atoms with E-state index in [9.17, 15) is 34.9 Å². The molecule has 2 aromatic carbocycles. The van der Waals surface area contributed by atoms with Gasteiger partial charge in [-0.15, -0.1) is 0 Å². The number of nitro benzene ring substituents is 2. The first-order chi connectivity index (χ1) is 21.1. The van der Waals surface area contributed by atoms with Gasteiger partial charge in [-0.1, -0.05) is 12.1 Å². The van der Waals surface area contributed by atoms with Crippen LogP contribution in [-0.2, 0) is 16.0 Å². The lowest BCUT2D eigenvalue weighted by Crippen LogP contribution is -2.49. The third-order valence-electron chi connectivity index (χ3n) is 6.65. The van der Waals surface area contributed by atoms with Crippen LogP contribution in [0.1, 0.15) is 44.6 Å². The van der Waals surface area contributed by atoms with Gasteiger partial charge in [-0.3, -0.25) is 29.8 Å². The average Bonchev–Trinajstić information content (AvgIpc) is 2.98. The first-order valence-corrected chi connectivity index (χ1v) is 14.8. The van der Waals surface area contributed by atoms with Crippen LogP contribution >= 0.6 is 0 Å². The molecule has 8 N–H and O–H groups in total. The fraction of sp³-hybridized carbons (Fsp3) is 0.517. The molecule has 2 atom stereocenters. The quantitative estimate of drug-likeness (QED) is 0.0574. The minimum atomic E-state index is -0.896. The molecule has 0 radical (unpaired) electrons. The zero-order valence-electron chi connectivity index (χ0n) is 25.0. The summed E-state index contributed by atoms with van der Waals surface area (Å²) in [5.74, 6) is -0.747. The second-order valence-electron chi connectivity index (χ2n) is 10.4. The number of carbonyl (C=O) groups excluding carboxylic acids is 2. The van der Waals surface area contributed by atoms with Crippen LogP contribution in [0.15, 0.2) is 42.5 Å². The maximum atomic E-state index is 13.1. The number of non-ortho nitro benzene ring substituents is 1. The van der Waals surface area contributed by atoms with E-state index in [1.165, 1.54) is 18.2 Å². The van der Waals surface area contributed by atoms with Gasteiger partial charge in [-0.2, -0.15) is 0 Å².